The molecule has 0 saturated heterocycles. The summed E-state index contributed by atoms with van der Waals surface area (Å²) in [7, 11) is 1.76. The highest BCUT2D eigenvalue weighted by atomic mass is 19.4. The van der Waals surface area contributed by atoms with Crippen LogP contribution in [0.25, 0.3) is 11.1 Å². The Bertz CT molecular complexity index is 810. The van der Waals surface area contributed by atoms with Gasteiger partial charge in [-0.2, -0.15) is 13.2 Å². The molecule has 0 aliphatic carbocycles. The number of aromatic nitrogens is 1. The molecule has 2 aromatic rings. The summed E-state index contributed by atoms with van der Waals surface area (Å²) in [4.78, 5) is 12.5. The van der Waals surface area contributed by atoms with Crippen LogP contribution >= 0.6 is 0 Å². The molecule has 1 aliphatic heterocycles. The first-order chi connectivity index (χ1) is 10.3. The fourth-order valence-electron chi connectivity index (χ4n) is 3.00. The minimum Gasteiger partial charge on any atom is -0.313 e. The van der Waals surface area contributed by atoms with Gasteiger partial charge in [-0.25, -0.2) is 4.39 Å². The second-order valence-electron chi connectivity index (χ2n) is 5.44. The predicted octanol–water partition coefficient (Wildman–Crippen LogP) is 1.88. The van der Waals surface area contributed by atoms with E-state index < -0.39 is 28.7 Å². The molecule has 22 heavy (non-hydrogen) atoms. The van der Waals surface area contributed by atoms with Crippen LogP contribution in [-0.4, -0.2) is 12.4 Å². The smallest absolute Gasteiger partial charge is 0.313 e. The summed E-state index contributed by atoms with van der Waals surface area (Å²) in [5.74, 6) is -0.800. The third-order valence-corrected chi connectivity index (χ3v) is 3.99. The number of hydrogen-bond donors (Lipinski definition) is 0. The fourth-order valence-corrected chi connectivity index (χ4v) is 3.00. The molecule has 2 nitrogen and oxygen atoms in total. The van der Waals surface area contributed by atoms with Crippen molar-refractivity contribution in [2.75, 3.05) is 0 Å². The van der Waals surface area contributed by atoms with Crippen molar-refractivity contribution in [3.8, 4) is 11.1 Å². The molecule has 0 fully saturated rings. The maximum Gasteiger partial charge on any atom is 0.417 e. The first-order valence-electron chi connectivity index (χ1n) is 6.89. The van der Waals surface area contributed by atoms with Crippen molar-refractivity contribution >= 4 is 13.3 Å². The van der Waals surface area contributed by atoms with Gasteiger partial charge in [-0.3, -0.25) is 4.79 Å². The first-order valence-corrected chi connectivity index (χ1v) is 6.89. The first kappa shape index (κ1) is 14.9. The Labute approximate surface area is 124 Å². The zero-order valence-corrected chi connectivity index (χ0v) is 11.8. The average molecular weight is 309 g/mol. The van der Waals surface area contributed by atoms with E-state index in [0.717, 1.165) is 36.1 Å². The van der Waals surface area contributed by atoms with E-state index in [2.05, 4.69) is 0 Å². The minimum atomic E-state index is -4.65. The molecule has 3 rings (SSSR count). The lowest BCUT2D eigenvalue weighted by atomic mass is 9.89. The third kappa shape index (κ3) is 2.34. The standard InChI is InChI=1S/C15H12BF4NO/c16-12-7-10(14(22)21-5-1-2-13(12)21)9-6-8(17)3-4-11(9)15(18,19)20/h3-4,6-7H,1-2,5,16H2. The van der Waals surface area contributed by atoms with E-state index in [1.165, 1.54) is 10.6 Å². The molecule has 1 aromatic heterocycles. The van der Waals surface area contributed by atoms with Crippen molar-refractivity contribution in [3.05, 3.63) is 51.7 Å². The van der Waals surface area contributed by atoms with Gasteiger partial charge in [0.15, 0.2) is 0 Å². The number of alkyl halides is 3. The summed E-state index contributed by atoms with van der Waals surface area (Å²) in [6.45, 7) is 0.486. The Morgan fingerprint density at radius 2 is 1.86 bits per heavy atom. The number of pyridine rings is 1. The molecule has 0 amide bonds. The van der Waals surface area contributed by atoms with Crippen LogP contribution in [0.3, 0.4) is 0 Å². The highest BCUT2D eigenvalue weighted by Gasteiger charge is 2.35. The van der Waals surface area contributed by atoms with Crippen molar-refractivity contribution in [2.24, 2.45) is 0 Å². The van der Waals surface area contributed by atoms with Crippen LogP contribution in [0.5, 0.6) is 0 Å². The van der Waals surface area contributed by atoms with Crippen LogP contribution < -0.4 is 11.0 Å². The Morgan fingerprint density at radius 3 is 2.55 bits per heavy atom. The molecule has 0 unspecified atom stereocenters. The molecule has 0 atom stereocenters. The summed E-state index contributed by atoms with van der Waals surface area (Å²) in [5, 5.41) is 0. The third-order valence-electron chi connectivity index (χ3n) is 3.99. The summed E-state index contributed by atoms with van der Waals surface area (Å²) in [6.07, 6.45) is -3.13. The lowest BCUT2D eigenvalue weighted by molar-refractivity contribution is -0.137. The van der Waals surface area contributed by atoms with Crippen molar-refractivity contribution in [1.82, 2.24) is 4.57 Å². The van der Waals surface area contributed by atoms with E-state index in [1.807, 2.05) is 0 Å². The normalized spacial score (nSPS) is 14.2. The predicted molar refractivity (Wildman–Crippen MR) is 77.6 cm³/mol. The molecule has 0 spiro atoms. The van der Waals surface area contributed by atoms with Crippen molar-refractivity contribution < 1.29 is 17.6 Å². The number of halogens is 4. The van der Waals surface area contributed by atoms with Gasteiger partial charge in [-0.1, -0.05) is 11.5 Å². The van der Waals surface area contributed by atoms with E-state index in [0.29, 0.717) is 12.6 Å². The SMILES string of the molecule is Bc1cc(-c2cc(F)ccc2C(F)(F)F)c(=O)n2c1CCC2. The van der Waals surface area contributed by atoms with Gasteiger partial charge in [-0.05, 0) is 31.0 Å². The van der Waals surface area contributed by atoms with Crippen molar-refractivity contribution in [2.45, 2.75) is 25.6 Å². The van der Waals surface area contributed by atoms with Gasteiger partial charge in [-0.15, -0.1) is 0 Å². The minimum absolute atomic E-state index is 0.102. The molecule has 0 saturated carbocycles. The van der Waals surface area contributed by atoms with Gasteiger partial charge >= 0.3 is 6.18 Å². The molecule has 2 heterocycles. The molecule has 1 aromatic carbocycles. The Hall–Kier alpha value is -2.05. The molecule has 7 heteroatoms. The van der Waals surface area contributed by atoms with Crippen LogP contribution in [0, 0.1) is 5.82 Å². The largest absolute Gasteiger partial charge is 0.417 e. The maximum atomic E-state index is 13.5. The topological polar surface area (TPSA) is 22.0 Å². The molecule has 1 aliphatic rings. The molecule has 0 radical (unpaired) electrons. The summed E-state index contributed by atoms with van der Waals surface area (Å²) in [5.41, 5.74) is -0.390. The molecule has 114 valence electrons. The van der Waals surface area contributed by atoms with Gasteiger partial charge in [0, 0.05) is 23.4 Å². The highest BCUT2D eigenvalue weighted by Crippen LogP contribution is 2.36. The quantitative estimate of drug-likeness (QED) is 0.582. The molecule has 0 N–H and O–H groups in total. The van der Waals surface area contributed by atoms with Gasteiger partial charge < -0.3 is 4.57 Å². The van der Waals surface area contributed by atoms with E-state index in [9.17, 15) is 22.4 Å². The van der Waals surface area contributed by atoms with Crippen LogP contribution in [0.4, 0.5) is 17.6 Å². The van der Waals surface area contributed by atoms with Crippen molar-refractivity contribution in [3.63, 3.8) is 0 Å². The van der Waals surface area contributed by atoms with Gasteiger partial charge in [0.2, 0.25) is 0 Å². The van der Waals surface area contributed by atoms with Crippen LogP contribution in [-0.2, 0) is 19.1 Å². The van der Waals surface area contributed by atoms with E-state index in [-0.39, 0.29) is 5.56 Å². The number of benzene rings is 1. The number of hydrogen-bond acceptors (Lipinski definition) is 1. The van der Waals surface area contributed by atoms with E-state index in [4.69, 9.17) is 0 Å². The second-order valence-corrected chi connectivity index (χ2v) is 5.44. The Morgan fingerprint density at radius 1 is 1.14 bits per heavy atom. The van der Waals surface area contributed by atoms with Crippen LogP contribution in [0.15, 0.2) is 29.1 Å². The average Bonchev–Trinajstić information content (AvgIpc) is 2.91. The van der Waals surface area contributed by atoms with Gasteiger partial charge in [0.1, 0.15) is 13.7 Å². The summed E-state index contributed by atoms with van der Waals surface area (Å²) in [6, 6.07) is 3.64. The lowest BCUT2D eigenvalue weighted by Gasteiger charge is -2.15. The molecular formula is C15H12BF4NO. The fraction of sp³-hybridized carbons (Fsp3) is 0.267. The number of nitrogens with zero attached hydrogens (tertiary/aromatic N) is 1. The molecule has 0 bridgehead atoms. The summed E-state index contributed by atoms with van der Waals surface area (Å²) < 4.78 is 54.4. The summed E-state index contributed by atoms with van der Waals surface area (Å²) >= 11 is 0. The van der Waals surface area contributed by atoms with Crippen LogP contribution in [0.1, 0.15) is 17.7 Å². The van der Waals surface area contributed by atoms with E-state index >= 15 is 0 Å². The zero-order valence-electron chi connectivity index (χ0n) is 11.8. The second kappa shape index (κ2) is 5.00. The van der Waals surface area contributed by atoms with Crippen molar-refractivity contribution in [1.29, 1.82) is 0 Å². The monoisotopic (exact) mass is 309 g/mol. The van der Waals surface area contributed by atoms with E-state index in [1.54, 1.807) is 7.85 Å². The van der Waals surface area contributed by atoms with Gasteiger partial charge in [0.05, 0.1) is 5.56 Å². The maximum absolute atomic E-state index is 13.5. The van der Waals surface area contributed by atoms with Crippen LogP contribution in [0.2, 0.25) is 0 Å². The molecular weight excluding hydrogens is 297 g/mol. The Balaban J connectivity index is 2.32. The zero-order chi connectivity index (χ0) is 16.1. The van der Waals surface area contributed by atoms with Gasteiger partial charge in [0.25, 0.3) is 5.56 Å². The number of fused-ring (bicyclic) bond motifs is 1. The lowest BCUT2D eigenvalue weighted by Crippen LogP contribution is -2.28. The highest BCUT2D eigenvalue weighted by molar-refractivity contribution is 6.33. The Kier molecular flexibility index (Phi) is 3.38. The number of rotatable bonds is 1.